The monoisotopic (exact) mass is 258 g/mol. The van der Waals surface area contributed by atoms with Gasteiger partial charge in [-0.15, -0.1) is 0 Å². The fraction of sp³-hybridized carbons (Fsp3) is 0.154. The van der Waals surface area contributed by atoms with Gasteiger partial charge < -0.3 is 11.1 Å². The van der Waals surface area contributed by atoms with Gasteiger partial charge in [0.1, 0.15) is 10.8 Å². The summed E-state index contributed by atoms with van der Waals surface area (Å²) in [7, 11) is 0. The minimum absolute atomic E-state index is 0.370. The molecule has 0 fully saturated rings. The number of rotatable bonds is 4. The van der Waals surface area contributed by atoms with Crippen LogP contribution in [-0.2, 0) is 6.54 Å². The van der Waals surface area contributed by atoms with Crippen LogP contribution in [0.2, 0.25) is 0 Å². The molecule has 0 aliphatic carbocycles. The second-order valence-corrected chi connectivity index (χ2v) is 4.35. The molecule has 0 atom stereocenters. The Bertz CT molecular complexity index is 568. The van der Waals surface area contributed by atoms with Crippen LogP contribution in [0.15, 0.2) is 36.7 Å². The minimum Gasteiger partial charge on any atom is -0.389 e. The molecule has 5 heteroatoms. The Morgan fingerprint density at radius 3 is 2.89 bits per heavy atom. The second-order valence-electron chi connectivity index (χ2n) is 3.91. The zero-order valence-corrected chi connectivity index (χ0v) is 10.9. The number of nitrogens with two attached hydrogens (primary N) is 1. The van der Waals surface area contributed by atoms with Crippen LogP contribution >= 0.6 is 12.2 Å². The molecule has 0 bridgehead atoms. The van der Waals surface area contributed by atoms with Gasteiger partial charge in [-0.05, 0) is 30.7 Å². The van der Waals surface area contributed by atoms with Crippen molar-refractivity contribution in [3.63, 3.8) is 0 Å². The average Bonchev–Trinajstić information content (AvgIpc) is 2.38. The van der Waals surface area contributed by atoms with Crippen molar-refractivity contribution < 1.29 is 0 Å². The third kappa shape index (κ3) is 3.01. The first kappa shape index (κ1) is 12.4. The molecule has 3 N–H and O–H groups in total. The van der Waals surface area contributed by atoms with Crippen molar-refractivity contribution in [2.45, 2.75) is 13.5 Å². The first-order valence-corrected chi connectivity index (χ1v) is 5.98. The van der Waals surface area contributed by atoms with E-state index in [0.717, 1.165) is 22.6 Å². The van der Waals surface area contributed by atoms with Crippen LogP contribution in [0, 0.1) is 6.92 Å². The molecule has 0 unspecified atom stereocenters. The zero-order chi connectivity index (χ0) is 13.0. The van der Waals surface area contributed by atoms with Crippen LogP contribution < -0.4 is 11.1 Å². The molecule has 0 aromatic carbocycles. The predicted molar refractivity (Wildman–Crippen MR) is 76.4 cm³/mol. The van der Waals surface area contributed by atoms with E-state index >= 15 is 0 Å². The van der Waals surface area contributed by atoms with Crippen molar-refractivity contribution >= 4 is 23.0 Å². The summed E-state index contributed by atoms with van der Waals surface area (Å²) in [5, 5.41) is 3.21. The summed E-state index contributed by atoms with van der Waals surface area (Å²) in [6, 6.07) is 7.58. The van der Waals surface area contributed by atoms with Crippen LogP contribution in [0.25, 0.3) is 0 Å². The maximum absolute atomic E-state index is 5.58. The highest BCUT2D eigenvalue weighted by atomic mass is 32.1. The summed E-state index contributed by atoms with van der Waals surface area (Å²) in [5.41, 5.74) is 8.53. The van der Waals surface area contributed by atoms with E-state index in [0.29, 0.717) is 11.5 Å². The Morgan fingerprint density at radius 1 is 1.33 bits per heavy atom. The number of nitrogens with zero attached hydrogens (tertiary/aromatic N) is 2. The number of nitrogens with one attached hydrogen (secondary N) is 1. The highest BCUT2D eigenvalue weighted by Gasteiger charge is 2.01. The van der Waals surface area contributed by atoms with Gasteiger partial charge in [0.2, 0.25) is 0 Å². The van der Waals surface area contributed by atoms with Gasteiger partial charge in [0.15, 0.2) is 0 Å². The lowest BCUT2D eigenvalue weighted by atomic mass is 10.2. The number of aryl methyl sites for hydroxylation is 1. The van der Waals surface area contributed by atoms with Crippen LogP contribution in [0.3, 0.4) is 0 Å². The topological polar surface area (TPSA) is 63.8 Å². The summed E-state index contributed by atoms with van der Waals surface area (Å²) >= 11 is 4.93. The fourth-order valence-corrected chi connectivity index (χ4v) is 1.69. The van der Waals surface area contributed by atoms with Gasteiger partial charge in [-0.1, -0.05) is 18.3 Å². The van der Waals surface area contributed by atoms with Gasteiger partial charge in [0.05, 0.1) is 12.2 Å². The van der Waals surface area contributed by atoms with E-state index in [4.69, 9.17) is 18.0 Å². The van der Waals surface area contributed by atoms with Gasteiger partial charge in [0, 0.05) is 18.0 Å². The molecule has 2 rings (SSSR count). The Hall–Kier alpha value is -2.01. The molecule has 0 radical (unpaired) electrons. The molecular formula is C13H14N4S. The quantitative estimate of drug-likeness (QED) is 0.822. The zero-order valence-electron chi connectivity index (χ0n) is 10.1. The van der Waals surface area contributed by atoms with E-state index in [2.05, 4.69) is 15.3 Å². The minimum atomic E-state index is 0.370. The van der Waals surface area contributed by atoms with Gasteiger partial charge in [-0.2, -0.15) is 0 Å². The van der Waals surface area contributed by atoms with E-state index in [1.54, 1.807) is 18.5 Å². The number of anilines is 1. The summed E-state index contributed by atoms with van der Waals surface area (Å²) < 4.78 is 0. The Morgan fingerprint density at radius 2 is 2.17 bits per heavy atom. The molecule has 2 aromatic rings. The van der Waals surface area contributed by atoms with Crippen LogP contribution in [0.5, 0.6) is 0 Å². The van der Waals surface area contributed by atoms with Crippen LogP contribution in [0.4, 0.5) is 5.82 Å². The van der Waals surface area contributed by atoms with Crippen molar-refractivity contribution in [1.29, 1.82) is 0 Å². The smallest absolute Gasteiger partial charge is 0.126 e. The summed E-state index contributed by atoms with van der Waals surface area (Å²) in [4.78, 5) is 8.89. The molecule has 0 aliphatic heterocycles. The number of hydrogen-bond acceptors (Lipinski definition) is 4. The number of hydrogen-bond donors (Lipinski definition) is 2. The lowest BCUT2D eigenvalue weighted by molar-refractivity contribution is 1.01. The molecule has 0 saturated heterocycles. The maximum atomic E-state index is 5.58. The Kier molecular flexibility index (Phi) is 3.84. The molecule has 2 aromatic heterocycles. The standard InChI is InChI=1S/C13H14N4S/c1-9-3-2-5-15-11(9)8-17-12-7-10(13(14)18)4-6-16-12/h2-7H,8H2,1H3,(H2,14,18)(H,16,17). The molecule has 92 valence electrons. The molecule has 0 aliphatic rings. The third-order valence-electron chi connectivity index (χ3n) is 2.60. The average molecular weight is 258 g/mol. The van der Waals surface area contributed by atoms with Gasteiger partial charge in [0.25, 0.3) is 0 Å². The lowest BCUT2D eigenvalue weighted by Gasteiger charge is -2.08. The van der Waals surface area contributed by atoms with Gasteiger partial charge in [-0.3, -0.25) is 4.98 Å². The van der Waals surface area contributed by atoms with Crippen molar-refractivity contribution in [3.05, 3.63) is 53.5 Å². The fourth-order valence-electron chi connectivity index (χ4n) is 1.56. The molecule has 0 amide bonds. The van der Waals surface area contributed by atoms with Crippen LogP contribution in [0.1, 0.15) is 16.8 Å². The third-order valence-corrected chi connectivity index (χ3v) is 2.83. The van der Waals surface area contributed by atoms with E-state index in [1.807, 2.05) is 25.1 Å². The maximum Gasteiger partial charge on any atom is 0.126 e. The first-order chi connectivity index (χ1) is 8.66. The summed E-state index contributed by atoms with van der Waals surface area (Å²) in [6.45, 7) is 2.66. The lowest BCUT2D eigenvalue weighted by Crippen LogP contribution is -2.11. The van der Waals surface area contributed by atoms with E-state index in [9.17, 15) is 0 Å². The van der Waals surface area contributed by atoms with Gasteiger partial charge >= 0.3 is 0 Å². The SMILES string of the molecule is Cc1cccnc1CNc1cc(C(N)=S)ccn1. The van der Waals surface area contributed by atoms with Crippen molar-refractivity contribution in [3.8, 4) is 0 Å². The summed E-state index contributed by atoms with van der Waals surface area (Å²) in [5.74, 6) is 0.741. The largest absolute Gasteiger partial charge is 0.389 e. The highest BCUT2D eigenvalue weighted by Crippen LogP contribution is 2.09. The number of aromatic nitrogens is 2. The normalized spacial score (nSPS) is 10.1. The van der Waals surface area contributed by atoms with Crippen molar-refractivity contribution in [1.82, 2.24) is 9.97 Å². The molecule has 0 saturated carbocycles. The Balaban J connectivity index is 2.09. The number of pyridine rings is 2. The molecular weight excluding hydrogens is 244 g/mol. The summed E-state index contributed by atoms with van der Waals surface area (Å²) in [6.07, 6.45) is 3.46. The Labute approximate surface area is 111 Å². The van der Waals surface area contributed by atoms with E-state index < -0.39 is 0 Å². The molecule has 0 spiro atoms. The second kappa shape index (κ2) is 5.55. The van der Waals surface area contributed by atoms with Gasteiger partial charge in [-0.25, -0.2) is 4.98 Å². The van der Waals surface area contributed by atoms with E-state index in [-0.39, 0.29) is 0 Å². The highest BCUT2D eigenvalue weighted by molar-refractivity contribution is 7.80. The first-order valence-electron chi connectivity index (χ1n) is 5.57. The molecule has 18 heavy (non-hydrogen) atoms. The van der Waals surface area contributed by atoms with Crippen molar-refractivity contribution in [2.24, 2.45) is 5.73 Å². The van der Waals surface area contributed by atoms with E-state index in [1.165, 1.54) is 0 Å². The number of thiocarbonyl (C=S) groups is 1. The predicted octanol–water partition coefficient (Wildman–Crippen LogP) is 2.03. The molecule has 2 heterocycles. The van der Waals surface area contributed by atoms with Crippen molar-refractivity contribution in [2.75, 3.05) is 5.32 Å². The van der Waals surface area contributed by atoms with Crippen LogP contribution in [-0.4, -0.2) is 15.0 Å². The molecule has 4 nitrogen and oxygen atoms in total.